The van der Waals surface area contributed by atoms with Crippen LogP contribution in [0, 0.1) is 0 Å². The Balaban J connectivity index is 1.78. The van der Waals surface area contributed by atoms with Gasteiger partial charge in [-0.15, -0.1) is 0 Å². The number of nitrogens with one attached hydrogen (secondary N) is 1. The lowest BCUT2D eigenvalue weighted by molar-refractivity contribution is -0.121. The molecule has 4 nitrogen and oxygen atoms in total. The number of aliphatic hydroxyl groups excluding tert-OH is 1. The maximum Gasteiger partial charge on any atom is 0.220 e. The minimum atomic E-state index is 0.00416. The van der Waals surface area contributed by atoms with Gasteiger partial charge in [-0.3, -0.25) is 4.79 Å². The van der Waals surface area contributed by atoms with E-state index in [1.807, 2.05) is 48.5 Å². The third-order valence-electron chi connectivity index (χ3n) is 3.37. The number of benzene rings is 2. The number of anilines is 1. The van der Waals surface area contributed by atoms with Crippen LogP contribution in [0.3, 0.4) is 0 Å². The van der Waals surface area contributed by atoms with Crippen molar-refractivity contribution in [3.05, 3.63) is 65.2 Å². The van der Waals surface area contributed by atoms with Gasteiger partial charge in [0.1, 0.15) is 0 Å². The molecule has 0 saturated carbocycles. The lowest BCUT2D eigenvalue weighted by Crippen LogP contribution is -2.23. The van der Waals surface area contributed by atoms with E-state index in [-0.39, 0.29) is 12.5 Å². The van der Waals surface area contributed by atoms with E-state index in [1.54, 1.807) is 0 Å². The number of hydrogen-bond donors (Lipinski definition) is 3. The SMILES string of the molecule is Nc1ccccc1CCC(=O)NCc1ccc(CO)cc1. The highest BCUT2D eigenvalue weighted by atomic mass is 16.3. The van der Waals surface area contributed by atoms with Crippen molar-refractivity contribution in [3.8, 4) is 0 Å². The molecule has 4 heteroatoms. The van der Waals surface area contributed by atoms with Crippen LogP contribution in [0.25, 0.3) is 0 Å². The molecule has 0 heterocycles. The molecule has 0 radical (unpaired) electrons. The van der Waals surface area contributed by atoms with Crippen LogP contribution in [0.15, 0.2) is 48.5 Å². The summed E-state index contributed by atoms with van der Waals surface area (Å²) in [4.78, 5) is 11.8. The molecular weight excluding hydrogens is 264 g/mol. The van der Waals surface area contributed by atoms with Gasteiger partial charge in [0.2, 0.25) is 5.91 Å². The maximum atomic E-state index is 11.8. The predicted octanol–water partition coefficient (Wildman–Crippen LogP) is 2.01. The number of amides is 1. The number of para-hydroxylation sites is 1. The molecule has 0 aromatic heterocycles. The number of hydrogen-bond acceptors (Lipinski definition) is 3. The Hall–Kier alpha value is -2.33. The summed E-state index contributed by atoms with van der Waals surface area (Å²) >= 11 is 0. The van der Waals surface area contributed by atoms with E-state index < -0.39 is 0 Å². The summed E-state index contributed by atoms with van der Waals surface area (Å²) in [7, 11) is 0. The van der Waals surface area contributed by atoms with E-state index in [0.29, 0.717) is 19.4 Å². The zero-order valence-electron chi connectivity index (χ0n) is 11.9. The lowest BCUT2D eigenvalue weighted by Gasteiger charge is -2.07. The molecule has 2 aromatic carbocycles. The summed E-state index contributed by atoms with van der Waals surface area (Å²) in [6.07, 6.45) is 1.06. The Morgan fingerprint density at radius 2 is 1.71 bits per heavy atom. The van der Waals surface area contributed by atoms with Crippen LogP contribution in [0.4, 0.5) is 5.69 Å². The van der Waals surface area contributed by atoms with Crippen molar-refractivity contribution in [1.82, 2.24) is 5.32 Å². The first-order valence-electron chi connectivity index (χ1n) is 6.98. The fourth-order valence-electron chi connectivity index (χ4n) is 2.06. The van der Waals surface area contributed by atoms with Crippen LogP contribution >= 0.6 is 0 Å². The van der Waals surface area contributed by atoms with Gasteiger partial charge in [0.05, 0.1) is 6.61 Å². The Morgan fingerprint density at radius 3 is 2.38 bits per heavy atom. The van der Waals surface area contributed by atoms with E-state index in [2.05, 4.69) is 5.32 Å². The number of carbonyl (C=O) groups is 1. The largest absolute Gasteiger partial charge is 0.399 e. The van der Waals surface area contributed by atoms with Crippen molar-refractivity contribution < 1.29 is 9.90 Å². The Labute approximate surface area is 124 Å². The van der Waals surface area contributed by atoms with E-state index in [9.17, 15) is 4.79 Å². The van der Waals surface area contributed by atoms with E-state index >= 15 is 0 Å². The molecule has 21 heavy (non-hydrogen) atoms. The highest BCUT2D eigenvalue weighted by molar-refractivity contribution is 5.76. The number of nitrogens with two attached hydrogens (primary N) is 1. The van der Waals surface area contributed by atoms with E-state index in [1.165, 1.54) is 0 Å². The standard InChI is InChI=1S/C17H20N2O2/c18-16-4-2-1-3-15(16)9-10-17(21)19-11-13-5-7-14(12-20)8-6-13/h1-8,20H,9-12,18H2,(H,19,21). The summed E-state index contributed by atoms with van der Waals surface area (Å²) in [6, 6.07) is 15.1. The first-order valence-corrected chi connectivity index (χ1v) is 6.98. The molecule has 1 amide bonds. The summed E-state index contributed by atoms with van der Waals surface area (Å²) in [6.45, 7) is 0.528. The van der Waals surface area contributed by atoms with Gasteiger partial charge in [0.25, 0.3) is 0 Å². The summed E-state index contributed by atoms with van der Waals surface area (Å²) in [5.41, 5.74) is 9.45. The van der Waals surface area contributed by atoms with Crippen LogP contribution < -0.4 is 11.1 Å². The minimum absolute atomic E-state index is 0.00416. The van der Waals surface area contributed by atoms with Crippen molar-refractivity contribution in [2.24, 2.45) is 0 Å². The number of nitrogen functional groups attached to an aromatic ring is 1. The average Bonchev–Trinajstić information content (AvgIpc) is 2.52. The smallest absolute Gasteiger partial charge is 0.220 e. The van der Waals surface area contributed by atoms with Gasteiger partial charge in [0, 0.05) is 18.7 Å². The Bertz CT molecular complexity index is 594. The predicted molar refractivity (Wildman–Crippen MR) is 83.4 cm³/mol. The molecule has 0 aliphatic carbocycles. The molecule has 0 aliphatic rings. The van der Waals surface area contributed by atoms with Gasteiger partial charge in [-0.1, -0.05) is 42.5 Å². The van der Waals surface area contributed by atoms with Crippen molar-refractivity contribution >= 4 is 11.6 Å². The first kappa shape index (κ1) is 15.1. The second kappa shape index (κ2) is 7.45. The van der Waals surface area contributed by atoms with Crippen LogP contribution in [0.5, 0.6) is 0 Å². The lowest BCUT2D eigenvalue weighted by atomic mass is 10.1. The van der Waals surface area contributed by atoms with Gasteiger partial charge >= 0.3 is 0 Å². The molecule has 0 bridgehead atoms. The second-order valence-electron chi connectivity index (χ2n) is 4.95. The van der Waals surface area contributed by atoms with Crippen molar-refractivity contribution in [3.63, 3.8) is 0 Å². The molecule has 110 valence electrons. The monoisotopic (exact) mass is 284 g/mol. The summed E-state index contributed by atoms with van der Waals surface area (Å²) in [5, 5.41) is 11.9. The fraction of sp³-hybridized carbons (Fsp3) is 0.235. The zero-order chi connectivity index (χ0) is 15.1. The number of carbonyl (C=O) groups excluding carboxylic acids is 1. The third kappa shape index (κ3) is 4.61. The highest BCUT2D eigenvalue weighted by Gasteiger charge is 2.04. The Kier molecular flexibility index (Phi) is 5.35. The van der Waals surface area contributed by atoms with Crippen LogP contribution in [-0.4, -0.2) is 11.0 Å². The molecular formula is C17H20N2O2. The topological polar surface area (TPSA) is 75.4 Å². The van der Waals surface area contributed by atoms with Crippen LogP contribution in [0.2, 0.25) is 0 Å². The van der Waals surface area contributed by atoms with Crippen molar-refractivity contribution in [2.75, 3.05) is 5.73 Å². The van der Waals surface area contributed by atoms with Gasteiger partial charge in [-0.2, -0.15) is 0 Å². The second-order valence-corrected chi connectivity index (χ2v) is 4.95. The summed E-state index contributed by atoms with van der Waals surface area (Å²) < 4.78 is 0. The van der Waals surface area contributed by atoms with Crippen molar-refractivity contribution in [1.29, 1.82) is 0 Å². The van der Waals surface area contributed by atoms with E-state index in [4.69, 9.17) is 10.8 Å². The van der Waals surface area contributed by atoms with Gasteiger partial charge in [0.15, 0.2) is 0 Å². The third-order valence-corrected chi connectivity index (χ3v) is 3.37. The van der Waals surface area contributed by atoms with Gasteiger partial charge in [-0.05, 0) is 29.2 Å². The normalized spacial score (nSPS) is 10.3. The number of aliphatic hydroxyl groups is 1. The minimum Gasteiger partial charge on any atom is -0.399 e. The molecule has 0 spiro atoms. The fourth-order valence-corrected chi connectivity index (χ4v) is 2.06. The average molecular weight is 284 g/mol. The molecule has 2 aromatic rings. The summed E-state index contributed by atoms with van der Waals surface area (Å²) in [5.74, 6) is 0.00416. The molecule has 0 unspecified atom stereocenters. The molecule has 0 saturated heterocycles. The van der Waals surface area contributed by atoms with Crippen LogP contribution in [0.1, 0.15) is 23.1 Å². The highest BCUT2D eigenvalue weighted by Crippen LogP contribution is 2.12. The van der Waals surface area contributed by atoms with Crippen molar-refractivity contribution in [2.45, 2.75) is 26.0 Å². The maximum absolute atomic E-state index is 11.8. The molecule has 0 atom stereocenters. The molecule has 2 rings (SSSR count). The van der Waals surface area contributed by atoms with Gasteiger partial charge < -0.3 is 16.2 Å². The molecule has 0 aliphatic heterocycles. The molecule has 0 fully saturated rings. The number of aryl methyl sites for hydroxylation is 1. The van der Waals surface area contributed by atoms with Gasteiger partial charge in [-0.25, -0.2) is 0 Å². The zero-order valence-corrected chi connectivity index (χ0v) is 11.9. The first-order chi connectivity index (χ1) is 10.2. The Morgan fingerprint density at radius 1 is 1.05 bits per heavy atom. The van der Waals surface area contributed by atoms with E-state index in [0.717, 1.165) is 22.4 Å². The molecule has 4 N–H and O–H groups in total. The van der Waals surface area contributed by atoms with Crippen LogP contribution in [-0.2, 0) is 24.4 Å². The number of rotatable bonds is 6. The quantitative estimate of drug-likeness (QED) is 0.710.